The summed E-state index contributed by atoms with van der Waals surface area (Å²) >= 11 is 0. The quantitative estimate of drug-likeness (QED) is 0.391. The van der Waals surface area contributed by atoms with Gasteiger partial charge in [-0.1, -0.05) is 0 Å². The van der Waals surface area contributed by atoms with Crippen molar-refractivity contribution in [1.82, 2.24) is 4.90 Å². The van der Waals surface area contributed by atoms with Gasteiger partial charge in [-0.15, -0.1) is 12.3 Å². The van der Waals surface area contributed by atoms with Gasteiger partial charge in [0.15, 0.2) is 0 Å². The molecule has 0 aliphatic rings. The molecule has 0 fully saturated rings. The van der Waals surface area contributed by atoms with Crippen LogP contribution < -0.4 is 11.5 Å². The number of nitrogens with zero attached hydrogens (tertiary/aromatic N) is 1. The normalized spacial score (nSPS) is 9.71. The van der Waals surface area contributed by atoms with Gasteiger partial charge in [0.05, 0.1) is 13.1 Å². The second-order valence-corrected chi connectivity index (χ2v) is 2.95. The second kappa shape index (κ2) is 6.92. The van der Waals surface area contributed by atoms with Crippen LogP contribution in [-0.4, -0.2) is 36.3 Å². The number of hydrogen-bond donors (Lipinski definition) is 2. The monoisotopic (exact) mass is 197 g/mol. The predicted molar refractivity (Wildman–Crippen MR) is 52.9 cm³/mol. The van der Waals surface area contributed by atoms with Gasteiger partial charge in [-0.3, -0.25) is 14.5 Å². The number of primary amides is 2. The average Bonchev–Trinajstić information content (AvgIpc) is 2.02. The standard InChI is InChI=1S/C9H15N3O2/c1-2-3-4-5-12(6-8(10)13)7-9(11)14/h1H,3-7H2,(H2,10,13)(H2,11,14). The van der Waals surface area contributed by atoms with Crippen LogP contribution in [0, 0.1) is 12.3 Å². The van der Waals surface area contributed by atoms with E-state index in [9.17, 15) is 9.59 Å². The molecular formula is C9H15N3O2. The Hall–Kier alpha value is -1.54. The van der Waals surface area contributed by atoms with Gasteiger partial charge in [0.1, 0.15) is 0 Å². The zero-order valence-electron chi connectivity index (χ0n) is 8.03. The summed E-state index contributed by atoms with van der Waals surface area (Å²) in [5.74, 6) is 1.51. The average molecular weight is 197 g/mol. The molecule has 0 radical (unpaired) electrons. The Morgan fingerprint density at radius 3 is 2.07 bits per heavy atom. The Balaban J connectivity index is 3.91. The molecule has 0 spiro atoms. The molecule has 14 heavy (non-hydrogen) atoms. The SMILES string of the molecule is C#CCCCN(CC(N)=O)CC(N)=O. The third-order valence-corrected chi connectivity index (χ3v) is 1.55. The molecule has 0 aliphatic heterocycles. The fourth-order valence-electron chi connectivity index (χ4n) is 1.06. The molecular weight excluding hydrogens is 182 g/mol. The van der Waals surface area contributed by atoms with Crippen molar-refractivity contribution in [3.63, 3.8) is 0 Å². The highest BCUT2D eigenvalue weighted by Gasteiger charge is 2.09. The molecule has 2 amide bonds. The van der Waals surface area contributed by atoms with Gasteiger partial charge >= 0.3 is 0 Å². The van der Waals surface area contributed by atoms with Crippen LogP contribution in [0.25, 0.3) is 0 Å². The van der Waals surface area contributed by atoms with Crippen molar-refractivity contribution in [1.29, 1.82) is 0 Å². The van der Waals surface area contributed by atoms with Gasteiger partial charge in [-0.05, 0) is 6.42 Å². The Morgan fingerprint density at radius 1 is 1.21 bits per heavy atom. The number of terminal acetylenes is 1. The first kappa shape index (κ1) is 12.5. The van der Waals surface area contributed by atoms with Gasteiger partial charge in [0.2, 0.25) is 11.8 Å². The second-order valence-electron chi connectivity index (χ2n) is 2.95. The highest BCUT2D eigenvalue weighted by atomic mass is 16.2. The molecule has 4 N–H and O–H groups in total. The molecule has 0 saturated heterocycles. The molecule has 5 nitrogen and oxygen atoms in total. The summed E-state index contributed by atoms with van der Waals surface area (Å²) in [5, 5.41) is 0. The fourth-order valence-corrected chi connectivity index (χ4v) is 1.06. The van der Waals surface area contributed by atoms with Crippen molar-refractivity contribution in [3.05, 3.63) is 0 Å². The summed E-state index contributed by atoms with van der Waals surface area (Å²) in [4.78, 5) is 22.8. The third kappa shape index (κ3) is 7.13. The number of nitrogens with two attached hydrogens (primary N) is 2. The summed E-state index contributed by atoms with van der Waals surface area (Å²) in [6.45, 7) is 0.622. The van der Waals surface area contributed by atoms with Gasteiger partial charge in [0.25, 0.3) is 0 Å². The smallest absolute Gasteiger partial charge is 0.231 e. The Bertz CT molecular complexity index is 229. The lowest BCUT2D eigenvalue weighted by molar-refractivity contribution is -0.121. The summed E-state index contributed by atoms with van der Waals surface area (Å²) in [5.41, 5.74) is 10.0. The van der Waals surface area contributed by atoms with Crippen LogP contribution in [-0.2, 0) is 9.59 Å². The van der Waals surface area contributed by atoms with Crippen molar-refractivity contribution in [3.8, 4) is 12.3 Å². The largest absolute Gasteiger partial charge is 0.369 e. The molecule has 0 heterocycles. The first-order valence-electron chi connectivity index (χ1n) is 4.28. The minimum atomic E-state index is -0.480. The number of unbranched alkanes of at least 4 members (excludes halogenated alkanes) is 1. The van der Waals surface area contributed by atoms with Crippen molar-refractivity contribution < 1.29 is 9.59 Å². The van der Waals surface area contributed by atoms with E-state index in [0.717, 1.165) is 6.42 Å². The van der Waals surface area contributed by atoms with Gasteiger partial charge in [-0.25, -0.2) is 0 Å². The van der Waals surface area contributed by atoms with Crippen molar-refractivity contribution in [2.75, 3.05) is 19.6 Å². The molecule has 0 rings (SSSR count). The number of amides is 2. The van der Waals surface area contributed by atoms with E-state index in [4.69, 9.17) is 17.9 Å². The van der Waals surface area contributed by atoms with E-state index >= 15 is 0 Å². The van der Waals surface area contributed by atoms with Crippen LogP contribution in [0.1, 0.15) is 12.8 Å². The third-order valence-electron chi connectivity index (χ3n) is 1.55. The van der Waals surface area contributed by atoms with E-state index < -0.39 is 11.8 Å². The van der Waals surface area contributed by atoms with E-state index in [2.05, 4.69) is 5.92 Å². The highest BCUT2D eigenvalue weighted by Crippen LogP contribution is 1.93. The van der Waals surface area contributed by atoms with Gasteiger partial charge < -0.3 is 11.5 Å². The molecule has 0 aromatic heterocycles. The summed E-state index contributed by atoms with van der Waals surface area (Å²) in [6.07, 6.45) is 6.39. The fraction of sp³-hybridized carbons (Fsp3) is 0.556. The lowest BCUT2D eigenvalue weighted by atomic mass is 10.3. The summed E-state index contributed by atoms with van der Waals surface area (Å²) < 4.78 is 0. The van der Waals surface area contributed by atoms with Crippen molar-refractivity contribution in [2.45, 2.75) is 12.8 Å². The van der Waals surface area contributed by atoms with Gasteiger partial charge in [0, 0.05) is 13.0 Å². The highest BCUT2D eigenvalue weighted by molar-refractivity contribution is 5.79. The molecule has 0 aromatic rings. The zero-order valence-corrected chi connectivity index (χ0v) is 8.03. The number of carbonyl (C=O) groups excluding carboxylic acids is 2. The van der Waals surface area contributed by atoms with Crippen LogP contribution in [0.15, 0.2) is 0 Å². The van der Waals surface area contributed by atoms with E-state index in [1.54, 1.807) is 4.90 Å². The molecule has 0 aliphatic carbocycles. The Labute approximate surface area is 83.4 Å². The van der Waals surface area contributed by atoms with Crippen LogP contribution in [0.2, 0.25) is 0 Å². The summed E-state index contributed by atoms with van der Waals surface area (Å²) in [7, 11) is 0. The van der Waals surface area contributed by atoms with Crippen LogP contribution in [0.3, 0.4) is 0 Å². The van der Waals surface area contributed by atoms with E-state index in [-0.39, 0.29) is 13.1 Å². The first-order valence-corrected chi connectivity index (χ1v) is 4.28. The predicted octanol–water partition coefficient (Wildman–Crippen LogP) is -1.33. The van der Waals surface area contributed by atoms with E-state index in [0.29, 0.717) is 13.0 Å². The van der Waals surface area contributed by atoms with Crippen LogP contribution in [0.5, 0.6) is 0 Å². The minimum Gasteiger partial charge on any atom is -0.369 e. The Kier molecular flexibility index (Phi) is 6.16. The molecule has 0 saturated carbocycles. The maximum atomic E-state index is 10.6. The number of rotatable bonds is 7. The lowest BCUT2D eigenvalue weighted by Gasteiger charge is -2.17. The first-order chi connectivity index (χ1) is 6.56. The molecule has 0 unspecified atom stereocenters. The van der Waals surface area contributed by atoms with Crippen LogP contribution in [0.4, 0.5) is 0 Å². The topological polar surface area (TPSA) is 89.4 Å². The van der Waals surface area contributed by atoms with Crippen molar-refractivity contribution >= 4 is 11.8 Å². The maximum Gasteiger partial charge on any atom is 0.231 e. The zero-order chi connectivity index (χ0) is 11.0. The van der Waals surface area contributed by atoms with Gasteiger partial charge in [-0.2, -0.15) is 0 Å². The van der Waals surface area contributed by atoms with E-state index in [1.807, 2.05) is 0 Å². The summed E-state index contributed by atoms with van der Waals surface area (Å²) in [6, 6.07) is 0. The van der Waals surface area contributed by atoms with Crippen LogP contribution >= 0.6 is 0 Å². The molecule has 0 bridgehead atoms. The molecule has 5 heteroatoms. The molecule has 78 valence electrons. The Morgan fingerprint density at radius 2 is 1.71 bits per heavy atom. The minimum absolute atomic E-state index is 0.0352. The maximum absolute atomic E-state index is 10.6. The molecule has 0 atom stereocenters. The number of carbonyl (C=O) groups is 2. The lowest BCUT2D eigenvalue weighted by Crippen LogP contribution is -2.40. The number of hydrogen-bond acceptors (Lipinski definition) is 3. The van der Waals surface area contributed by atoms with Crippen molar-refractivity contribution in [2.24, 2.45) is 11.5 Å². The van der Waals surface area contributed by atoms with E-state index in [1.165, 1.54) is 0 Å². The molecule has 0 aromatic carbocycles.